The fourth-order valence-electron chi connectivity index (χ4n) is 2.87. The molecule has 1 aromatic heterocycles. The van der Waals surface area contributed by atoms with Crippen molar-refractivity contribution >= 4 is 11.9 Å². The summed E-state index contributed by atoms with van der Waals surface area (Å²) in [5.74, 6) is 0.941. The van der Waals surface area contributed by atoms with Crippen molar-refractivity contribution in [1.29, 1.82) is 0 Å². The van der Waals surface area contributed by atoms with Gasteiger partial charge in [-0.1, -0.05) is 12.1 Å². The Kier molecular flexibility index (Phi) is 5.52. The summed E-state index contributed by atoms with van der Waals surface area (Å²) in [6.45, 7) is 4.88. The van der Waals surface area contributed by atoms with Gasteiger partial charge in [0.05, 0.1) is 18.8 Å². The molecule has 1 aromatic carbocycles. The van der Waals surface area contributed by atoms with Gasteiger partial charge in [0.15, 0.2) is 0 Å². The van der Waals surface area contributed by atoms with Crippen LogP contribution in [-0.2, 0) is 14.3 Å². The Morgan fingerprint density at radius 3 is 2.73 bits per heavy atom. The second-order valence-corrected chi connectivity index (χ2v) is 5.73. The van der Waals surface area contributed by atoms with Crippen LogP contribution in [0.25, 0.3) is 0 Å². The number of allylic oxidation sites excluding steroid dienone is 1. The van der Waals surface area contributed by atoms with E-state index in [0.717, 1.165) is 11.3 Å². The molecule has 0 amide bonds. The number of hydrogen-bond donors (Lipinski definition) is 1. The molecule has 1 N–H and O–H groups in total. The van der Waals surface area contributed by atoms with Crippen molar-refractivity contribution in [2.45, 2.75) is 19.9 Å². The quantitative estimate of drug-likeness (QED) is 0.599. The first-order chi connectivity index (χ1) is 12.7. The maximum Gasteiger partial charge on any atom is 0.338 e. The lowest BCUT2D eigenvalue weighted by Crippen LogP contribution is -2.30. The molecule has 0 saturated carbocycles. The molecule has 0 spiro atoms. The molecule has 2 heterocycles. The lowest BCUT2D eigenvalue weighted by molar-refractivity contribution is -0.140. The molecule has 0 saturated heterocycles. The molecular formula is C18H22N4O4. The normalized spacial score (nSPS) is 16.0. The summed E-state index contributed by atoms with van der Waals surface area (Å²) in [7, 11) is 1.56. The summed E-state index contributed by atoms with van der Waals surface area (Å²) >= 11 is 0. The van der Waals surface area contributed by atoms with Crippen LogP contribution in [0.1, 0.15) is 25.5 Å². The highest BCUT2D eigenvalue weighted by Crippen LogP contribution is 2.35. The van der Waals surface area contributed by atoms with Gasteiger partial charge in [-0.3, -0.25) is 0 Å². The molecule has 8 nitrogen and oxygen atoms in total. The fraction of sp³-hybridized carbons (Fsp3) is 0.389. The molecule has 1 aliphatic heterocycles. The lowest BCUT2D eigenvalue weighted by atomic mass is 9.96. The van der Waals surface area contributed by atoms with E-state index >= 15 is 0 Å². The number of aromatic nitrogens is 3. The minimum atomic E-state index is -0.431. The number of carbonyl (C=O) groups excluding carboxylic acids is 1. The smallest absolute Gasteiger partial charge is 0.338 e. The molecule has 0 aliphatic carbocycles. The standard InChI is InChI=1S/C18H22N4O4/c1-4-25-14-7-5-13(6-8-14)16-15(17(23)26-10-9-24-3)12(2)21-18-19-11-20-22(16)18/h5-8,11,16H,4,9-10H2,1-3H3,(H,19,20,21). The summed E-state index contributed by atoms with van der Waals surface area (Å²) < 4.78 is 17.5. The maximum atomic E-state index is 12.7. The SMILES string of the molecule is CCOc1ccc(C2C(C(=O)OCCOC)=C(C)Nc3ncnn32)cc1. The number of fused-ring (bicyclic) bond motifs is 1. The number of anilines is 1. The van der Waals surface area contributed by atoms with Gasteiger partial charge in [0.1, 0.15) is 24.7 Å². The molecule has 0 fully saturated rings. The Hall–Kier alpha value is -2.87. The van der Waals surface area contributed by atoms with Crippen LogP contribution in [0, 0.1) is 0 Å². The van der Waals surface area contributed by atoms with Crippen molar-refractivity contribution in [3.8, 4) is 5.75 Å². The predicted octanol–water partition coefficient (Wildman–Crippen LogP) is 2.16. The van der Waals surface area contributed by atoms with E-state index in [0.29, 0.717) is 30.4 Å². The Morgan fingerprint density at radius 1 is 1.27 bits per heavy atom. The largest absolute Gasteiger partial charge is 0.494 e. The van der Waals surface area contributed by atoms with Crippen LogP contribution in [0.15, 0.2) is 41.9 Å². The molecule has 8 heteroatoms. The Morgan fingerprint density at radius 2 is 2.04 bits per heavy atom. The third kappa shape index (κ3) is 3.55. The van der Waals surface area contributed by atoms with E-state index in [1.165, 1.54) is 6.33 Å². The topological polar surface area (TPSA) is 87.5 Å². The van der Waals surface area contributed by atoms with E-state index in [1.54, 1.807) is 11.8 Å². The van der Waals surface area contributed by atoms with Gasteiger partial charge < -0.3 is 19.5 Å². The molecule has 0 radical (unpaired) electrons. The molecular weight excluding hydrogens is 336 g/mol. The van der Waals surface area contributed by atoms with Gasteiger partial charge in [0.25, 0.3) is 0 Å². The van der Waals surface area contributed by atoms with Gasteiger partial charge in [0.2, 0.25) is 5.95 Å². The number of nitrogens with one attached hydrogen (secondary N) is 1. The Bertz CT molecular complexity index is 798. The monoisotopic (exact) mass is 358 g/mol. The van der Waals surface area contributed by atoms with Gasteiger partial charge in [-0.05, 0) is 31.5 Å². The maximum absolute atomic E-state index is 12.7. The van der Waals surface area contributed by atoms with Gasteiger partial charge in [0, 0.05) is 12.8 Å². The lowest BCUT2D eigenvalue weighted by Gasteiger charge is -2.28. The average Bonchev–Trinajstić information content (AvgIpc) is 3.09. The highest BCUT2D eigenvalue weighted by molar-refractivity contribution is 5.92. The first kappa shape index (κ1) is 17.9. The van der Waals surface area contributed by atoms with Gasteiger partial charge in [-0.2, -0.15) is 10.1 Å². The minimum absolute atomic E-state index is 0.187. The highest BCUT2D eigenvalue weighted by Gasteiger charge is 2.34. The van der Waals surface area contributed by atoms with Crippen LogP contribution < -0.4 is 10.1 Å². The van der Waals surface area contributed by atoms with Crippen LogP contribution in [0.5, 0.6) is 5.75 Å². The molecule has 26 heavy (non-hydrogen) atoms. The minimum Gasteiger partial charge on any atom is -0.494 e. The van der Waals surface area contributed by atoms with Crippen molar-refractivity contribution in [1.82, 2.24) is 14.8 Å². The molecule has 3 rings (SSSR count). The zero-order chi connectivity index (χ0) is 18.5. The summed E-state index contributed by atoms with van der Waals surface area (Å²) in [5, 5.41) is 7.39. The zero-order valence-corrected chi connectivity index (χ0v) is 15.1. The summed E-state index contributed by atoms with van der Waals surface area (Å²) in [6, 6.07) is 7.16. The van der Waals surface area contributed by atoms with Crippen molar-refractivity contribution < 1.29 is 19.0 Å². The van der Waals surface area contributed by atoms with E-state index in [2.05, 4.69) is 15.4 Å². The molecule has 1 atom stereocenters. The zero-order valence-electron chi connectivity index (χ0n) is 15.1. The fourth-order valence-corrected chi connectivity index (χ4v) is 2.87. The van der Waals surface area contributed by atoms with Gasteiger partial charge in [-0.25, -0.2) is 9.48 Å². The first-order valence-electron chi connectivity index (χ1n) is 8.41. The van der Waals surface area contributed by atoms with Crippen LogP contribution in [-0.4, -0.2) is 47.7 Å². The van der Waals surface area contributed by atoms with Crippen molar-refractivity contribution in [3.63, 3.8) is 0 Å². The number of carbonyl (C=O) groups is 1. The number of benzene rings is 1. The average molecular weight is 358 g/mol. The van der Waals surface area contributed by atoms with Gasteiger partial charge in [-0.15, -0.1) is 0 Å². The summed E-state index contributed by atoms with van der Waals surface area (Å²) in [5.41, 5.74) is 2.06. The second-order valence-electron chi connectivity index (χ2n) is 5.73. The molecule has 0 bridgehead atoms. The Balaban J connectivity index is 1.96. The summed E-state index contributed by atoms with van der Waals surface area (Å²) in [4.78, 5) is 16.9. The van der Waals surface area contributed by atoms with Crippen LogP contribution in [0.3, 0.4) is 0 Å². The number of nitrogens with zero attached hydrogens (tertiary/aromatic N) is 3. The van der Waals surface area contributed by atoms with E-state index in [-0.39, 0.29) is 6.61 Å². The molecule has 2 aromatic rings. The van der Waals surface area contributed by atoms with Crippen LogP contribution in [0.2, 0.25) is 0 Å². The summed E-state index contributed by atoms with van der Waals surface area (Å²) in [6.07, 6.45) is 1.45. The third-order valence-electron chi connectivity index (χ3n) is 4.04. The molecule has 1 unspecified atom stereocenters. The van der Waals surface area contributed by atoms with Crippen molar-refractivity contribution in [3.05, 3.63) is 47.4 Å². The number of hydrogen-bond acceptors (Lipinski definition) is 7. The van der Waals surface area contributed by atoms with Gasteiger partial charge >= 0.3 is 5.97 Å². The van der Waals surface area contributed by atoms with Crippen molar-refractivity contribution in [2.24, 2.45) is 0 Å². The number of ether oxygens (including phenoxy) is 3. The number of methoxy groups -OCH3 is 1. The predicted molar refractivity (Wildman–Crippen MR) is 94.9 cm³/mol. The van der Waals surface area contributed by atoms with E-state index < -0.39 is 12.0 Å². The number of rotatable bonds is 7. The Labute approximate surface area is 151 Å². The van der Waals surface area contributed by atoms with Crippen molar-refractivity contribution in [2.75, 3.05) is 32.2 Å². The van der Waals surface area contributed by atoms with Crippen LogP contribution in [0.4, 0.5) is 5.95 Å². The number of esters is 1. The third-order valence-corrected chi connectivity index (χ3v) is 4.04. The first-order valence-corrected chi connectivity index (χ1v) is 8.41. The van der Waals surface area contributed by atoms with E-state index in [9.17, 15) is 4.79 Å². The molecule has 138 valence electrons. The van der Waals surface area contributed by atoms with Crippen LogP contribution >= 0.6 is 0 Å². The second kappa shape index (κ2) is 8.01. The van der Waals surface area contributed by atoms with E-state index in [1.807, 2.05) is 38.1 Å². The molecule has 1 aliphatic rings. The van der Waals surface area contributed by atoms with E-state index in [4.69, 9.17) is 14.2 Å². The highest BCUT2D eigenvalue weighted by atomic mass is 16.6.